The molecule has 0 spiro atoms. The van der Waals surface area contributed by atoms with E-state index in [0.29, 0.717) is 36.9 Å². The largest absolute Gasteiger partial charge is 0.489 e. The molecule has 0 amide bonds. The van der Waals surface area contributed by atoms with Gasteiger partial charge in [-0.3, -0.25) is 0 Å². The van der Waals surface area contributed by atoms with Crippen molar-refractivity contribution >= 4 is 16.7 Å². The highest BCUT2D eigenvalue weighted by atomic mass is 16.5. The molecule has 27 heavy (non-hydrogen) atoms. The van der Waals surface area contributed by atoms with Crippen LogP contribution < -0.4 is 9.47 Å². The van der Waals surface area contributed by atoms with Gasteiger partial charge in [-0.25, -0.2) is 4.79 Å². The molecule has 0 aliphatic heterocycles. The van der Waals surface area contributed by atoms with Crippen molar-refractivity contribution in [2.45, 2.75) is 13.5 Å². The minimum absolute atomic E-state index is 0.309. The van der Waals surface area contributed by atoms with Crippen molar-refractivity contribution in [3.63, 3.8) is 0 Å². The second-order valence-corrected chi connectivity index (χ2v) is 5.98. The maximum absolute atomic E-state index is 12.1. The molecule has 3 aromatic carbocycles. The van der Waals surface area contributed by atoms with Gasteiger partial charge < -0.3 is 14.2 Å². The van der Waals surface area contributed by atoms with Crippen LogP contribution in [-0.2, 0) is 11.3 Å². The normalized spacial score (nSPS) is 10.4. The van der Waals surface area contributed by atoms with Crippen LogP contribution in [0, 0.1) is 0 Å². The highest BCUT2D eigenvalue weighted by Crippen LogP contribution is 2.25. The van der Waals surface area contributed by atoms with E-state index in [9.17, 15) is 4.79 Å². The molecule has 0 saturated carbocycles. The summed E-state index contributed by atoms with van der Waals surface area (Å²) in [6.45, 7) is 6.45. The van der Waals surface area contributed by atoms with E-state index < -0.39 is 5.97 Å². The lowest BCUT2D eigenvalue weighted by Gasteiger charge is -2.12. The van der Waals surface area contributed by atoms with Crippen LogP contribution in [0.25, 0.3) is 10.8 Å². The molecule has 0 aliphatic carbocycles. The first-order valence-corrected chi connectivity index (χ1v) is 8.86. The first-order chi connectivity index (χ1) is 13.2. The molecule has 0 radical (unpaired) electrons. The summed E-state index contributed by atoms with van der Waals surface area (Å²) in [5.74, 6) is 0.679. The summed E-state index contributed by atoms with van der Waals surface area (Å²) >= 11 is 0. The van der Waals surface area contributed by atoms with Crippen molar-refractivity contribution in [3.8, 4) is 11.5 Å². The predicted molar refractivity (Wildman–Crippen MR) is 106 cm³/mol. The Morgan fingerprint density at radius 1 is 0.963 bits per heavy atom. The number of hydrogen-bond acceptors (Lipinski definition) is 4. The van der Waals surface area contributed by atoms with Gasteiger partial charge in [0.15, 0.2) is 0 Å². The lowest BCUT2D eigenvalue weighted by molar-refractivity contribution is 0.0525. The summed E-state index contributed by atoms with van der Waals surface area (Å²) in [6.07, 6.45) is 1.65. The van der Waals surface area contributed by atoms with Crippen molar-refractivity contribution < 1.29 is 19.0 Å². The third-order valence-electron chi connectivity index (χ3n) is 3.98. The van der Waals surface area contributed by atoms with E-state index in [-0.39, 0.29) is 0 Å². The molecule has 4 heteroatoms. The molecule has 0 N–H and O–H groups in total. The number of carbonyl (C=O) groups excluding carboxylic acids is 1. The molecule has 0 aliphatic rings. The van der Waals surface area contributed by atoms with Gasteiger partial charge in [0.25, 0.3) is 0 Å². The summed E-state index contributed by atoms with van der Waals surface area (Å²) < 4.78 is 16.6. The zero-order valence-electron chi connectivity index (χ0n) is 15.3. The van der Waals surface area contributed by atoms with Crippen molar-refractivity contribution in [3.05, 3.63) is 84.4 Å². The summed E-state index contributed by atoms with van der Waals surface area (Å²) in [5, 5.41) is 2.35. The quantitative estimate of drug-likeness (QED) is 0.410. The average molecular weight is 362 g/mol. The summed E-state index contributed by atoms with van der Waals surface area (Å²) in [4.78, 5) is 12.1. The fraction of sp³-hybridized carbons (Fsp3) is 0.174. The first kappa shape index (κ1) is 18.5. The van der Waals surface area contributed by atoms with E-state index in [0.717, 1.165) is 10.9 Å². The van der Waals surface area contributed by atoms with Gasteiger partial charge in [-0.1, -0.05) is 49.1 Å². The van der Waals surface area contributed by atoms with Crippen LogP contribution in [0.2, 0.25) is 0 Å². The van der Waals surface area contributed by atoms with Crippen molar-refractivity contribution in [1.29, 1.82) is 0 Å². The number of rotatable bonds is 8. The Kier molecular flexibility index (Phi) is 6.10. The zero-order valence-corrected chi connectivity index (χ0v) is 15.3. The molecular formula is C23H22O4. The first-order valence-electron chi connectivity index (χ1n) is 8.86. The zero-order chi connectivity index (χ0) is 19.1. The van der Waals surface area contributed by atoms with E-state index in [1.165, 1.54) is 5.39 Å². The lowest BCUT2D eigenvalue weighted by Crippen LogP contribution is -2.06. The van der Waals surface area contributed by atoms with Gasteiger partial charge in [0.1, 0.15) is 24.7 Å². The topological polar surface area (TPSA) is 44.8 Å². The molecule has 138 valence electrons. The van der Waals surface area contributed by atoms with E-state index in [1.54, 1.807) is 31.2 Å². The lowest BCUT2D eigenvalue weighted by atomic mass is 10.1. The van der Waals surface area contributed by atoms with Crippen LogP contribution >= 0.6 is 0 Å². The van der Waals surface area contributed by atoms with E-state index in [1.807, 2.05) is 18.2 Å². The predicted octanol–water partition coefficient (Wildman–Crippen LogP) is 5.16. The smallest absolute Gasteiger partial charge is 0.338 e. The molecular weight excluding hydrogens is 340 g/mol. The van der Waals surface area contributed by atoms with Gasteiger partial charge in [-0.2, -0.15) is 0 Å². The van der Waals surface area contributed by atoms with Crippen LogP contribution in [0.1, 0.15) is 22.8 Å². The molecule has 3 rings (SSSR count). The van der Waals surface area contributed by atoms with Gasteiger partial charge in [0.2, 0.25) is 0 Å². The van der Waals surface area contributed by atoms with Crippen LogP contribution in [0.3, 0.4) is 0 Å². The van der Waals surface area contributed by atoms with Crippen molar-refractivity contribution in [2.24, 2.45) is 0 Å². The Bertz CT molecular complexity index is 946. The van der Waals surface area contributed by atoms with E-state index in [4.69, 9.17) is 14.2 Å². The number of esters is 1. The Morgan fingerprint density at radius 3 is 2.44 bits per heavy atom. The molecule has 0 aromatic heterocycles. The molecule has 0 fully saturated rings. The number of hydrogen-bond donors (Lipinski definition) is 0. The second-order valence-electron chi connectivity index (χ2n) is 5.98. The Hall–Kier alpha value is -3.27. The fourth-order valence-corrected chi connectivity index (χ4v) is 2.72. The Labute approximate surface area is 159 Å². The fourth-order valence-electron chi connectivity index (χ4n) is 2.72. The third kappa shape index (κ3) is 4.88. The van der Waals surface area contributed by atoms with E-state index >= 15 is 0 Å². The molecule has 0 bridgehead atoms. The third-order valence-corrected chi connectivity index (χ3v) is 3.98. The number of fused-ring (bicyclic) bond motifs is 1. The molecule has 0 unspecified atom stereocenters. The minimum atomic E-state index is -0.405. The van der Waals surface area contributed by atoms with E-state index in [2.05, 4.69) is 30.8 Å². The molecule has 0 saturated heterocycles. The van der Waals surface area contributed by atoms with Gasteiger partial charge in [-0.05, 0) is 41.5 Å². The molecule has 4 nitrogen and oxygen atoms in total. The van der Waals surface area contributed by atoms with Crippen LogP contribution in [-0.4, -0.2) is 19.2 Å². The van der Waals surface area contributed by atoms with Crippen molar-refractivity contribution in [1.82, 2.24) is 0 Å². The maximum Gasteiger partial charge on any atom is 0.338 e. The molecule has 3 aromatic rings. The maximum atomic E-state index is 12.1. The SMILES string of the molecule is C=CCOc1cc(OCc2ccc3ccccc3c2)cc(C(=O)OCC)c1. The van der Waals surface area contributed by atoms with Gasteiger partial charge in [0, 0.05) is 6.07 Å². The molecule has 0 heterocycles. The van der Waals surface area contributed by atoms with Crippen molar-refractivity contribution in [2.75, 3.05) is 13.2 Å². The number of carbonyl (C=O) groups is 1. The van der Waals surface area contributed by atoms with Gasteiger partial charge in [0.05, 0.1) is 12.2 Å². The molecule has 0 atom stereocenters. The van der Waals surface area contributed by atoms with Gasteiger partial charge >= 0.3 is 5.97 Å². The number of benzene rings is 3. The standard InChI is InChI=1S/C23H22O4/c1-3-11-26-21-13-20(23(24)25-4-2)14-22(15-21)27-16-17-9-10-18-7-5-6-8-19(18)12-17/h3,5-10,12-15H,1,4,11,16H2,2H3. The Morgan fingerprint density at radius 2 is 1.70 bits per heavy atom. The highest BCUT2D eigenvalue weighted by molar-refractivity contribution is 5.90. The number of ether oxygens (including phenoxy) is 3. The highest BCUT2D eigenvalue weighted by Gasteiger charge is 2.11. The van der Waals surface area contributed by atoms with Crippen LogP contribution in [0.4, 0.5) is 0 Å². The van der Waals surface area contributed by atoms with Crippen LogP contribution in [0.5, 0.6) is 11.5 Å². The summed E-state index contributed by atoms with van der Waals surface area (Å²) in [7, 11) is 0. The van der Waals surface area contributed by atoms with Gasteiger partial charge in [-0.15, -0.1) is 0 Å². The summed E-state index contributed by atoms with van der Waals surface area (Å²) in [5.41, 5.74) is 1.44. The van der Waals surface area contributed by atoms with Crippen LogP contribution in [0.15, 0.2) is 73.3 Å². The second kappa shape index (κ2) is 8.90. The summed E-state index contributed by atoms with van der Waals surface area (Å²) in [6, 6.07) is 19.4. The average Bonchev–Trinajstić information content (AvgIpc) is 2.70. The Balaban J connectivity index is 1.79. The monoisotopic (exact) mass is 362 g/mol. The minimum Gasteiger partial charge on any atom is -0.489 e.